The molecular formula is C14H10Cl3FN2O. The molecule has 110 valence electrons. The van der Waals surface area contributed by atoms with Crippen LogP contribution in [-0.2, 0) is 4.79 Å². The first-order valence-electron chi connectivity index (χ1n) is 5.90. The molecule has 0 aliphatic heterocycles. The number of para-hydroxylation sites is 1. The summed E-state index contributed by atoms with van der Waals surface area (Å²) in [7, 11) is 0. The van der Waals surface area contributed by atoms with Crippen molar-refractivity contribution in [1.82, 2.24) is 0 Å². The van der Waals surface area contributed by atoms with E-state index in [0.717, 1.165) is 12.1 Å². The van der Waals surface area contributed by atoms with Crippen molar-refractivity contribution < 1.29 is 9.18 Å². The zero-order chi connectivity index (χ0) is 15.4. The van der Waals surface area contributed by atoms with Crippen LogP contribution in [0.25, 0.3) is 0 Å². The maximum absolute atomic E-state index is 13.0. The summed E-state index contributed by atoms with van der Waals surface area (Å²) < 4.78 is 13.0. The third-order valence-electron chi connectivity index (χ3n) is 2.58. The summed E-state index contributed by atoms with van der Waals surface area (Å²) >= 11 is 17.7. The van der Waals surface area contributed by atoms with Crippen LogP contribution >= 0.6 is 34.8 Å². The highest BCUT2D eigenvalue weighted by molar-refractivity contribution is 6.39. The summed E-state index contributed by atoms with van der Waals surface area (Å²) in [6.07, 6.45) is 0. The van der Waals surface area contributed by atoms with E-state index < -0.39 is 5.82 Å². The molecule has 0 aliphatic rings. The summed E-state index contributed by atoms with van der Waals surface area (Å²) in [5, 5.41) is 6.04. The molecular weight excluding hydrogens is 338 g/mol. The second-order valence-corrected chi connectivity index (χ2v) is 5.35. The molecule has 0 saturated carbocycles. The van der Waals surface area contributed by atoms with Gasteiger partial charge in [-0.3, -0.25) is 4.79 Å². The molecule has 21 heavy (non-hydrogen) atoms. The third-order valence-corrected chi connectivity index (χ3v) is 3.51. The van der Waals surface area contributed by atoms with Gasteiger partial charge in [-0.2, -0.15) is 0 Å². The predicted octanol–water partition coefficient (Wildman–Crippen LogP) is 4.84. The Morgan fingerprint density at radius 2 is 1.67 bits per heavy atom. The molecule has 1 amide bonds. The summed E-state index contributed by atoms with van der Waals surface area (Å²) in [5.74, 6) is -0.879. The lowest BCUT2D eigenvalue weighted by Gasteiger charge is -2.11. The Labute approximate surface area is 136 Å². The number of nitrogens with one attached hydrogen (secondary N) is 2. The first kappa shape index (κ1) is 15.9. The average molecular weight is 348 g/mol. The molecule has 2 aromatic rings. The Morgan fingerprint density at radius 1 is 1.05 bits per heavy atom. The van der Waals surface area contributed by atoms with Gasteiger partial charge in [-0.15, -0.1) is 0 Å². The fourth-order valence-electron chi connectivity index (χ4n) is 1.64. The summed E-state index contributed by atoms with van der Waals surface area (Å²) in [4.78, 5) is 11.8. The smallest absolute Gasteiger partial charge is 0.243 e. The van der Waals surface area contributed by atoms with Crippen LogP contribution in [0.4, 0.5) is 15.8 Å². The van der Waals surface area contributed by atoms with Gasteiger partial charge in [-0.1, -0.05) is 46.9 Å². The highest BCUT2D eigenvalue weighted by Gasteiger charge is 2.10. The number of benzene rings is 2. The Kier molecular flexibility index (Phi) is 5.28. The molecule has 0 saturated heterocycles. The highest BCUT2D eigenvalue weighted by Crippen LogP contribution is 2.31. The molecule has 0 spiro atoms. The summed E-state index contributed by atoms with van der Waals surface area (Å²) in [5.41, 5.74) is 0.802. The van der Waals surface area contributed by atoms with Crippen LogP contribution in [0.15, 0.2) is 36.4 Å². The fourth-order valence-corrected chi connectivity index (χ4v) is 2.41. The van der Waals surface area contributed by atoms with Crippen molar-refractivity contribution in [2.75, 3.05) is 17.2 Å². The highest BCUT2D eigenvalue weighted by atomic mass is 35.5. The molecule has 0 atom stereocenters. The Balaban J connectivity index is 2.01. The van der Waals surface area contributed by atoms with Gasteiger partial charge in [0.1, 0.15) is 5.82 Å². The maximum atomic E-state index is 13.0. The van der Waals surface area contributed by atoms with E-state index in [1.165, 1.54) is 0 Å². The van der Waals surface area contributed by atoms with Crippen molar-refractivity contribution >= 4 is 52.1 Å². The maximum Gasteiger partial charge on any atom is 0.243 e. The van der Waals surface area contributed by atoms with E-state index in [1.807, 2.05) is 0 Å². The number of halogens is 4. The molecule has 3 nitrogen and oxygen atoms in total. The van der Waals surface area contributed by atoms with Crippen LogP contribution in [-0.4, -0.2) is 12.5 Å². The quantitative estimate of drug-likeness (QED) is 0.831. The van der Waals surface area contributed by atoms with Gasteiger partial charge in [0.15, 0.2) is 0 Å². The lowest BCUT2D eigenvalue weighted by atomic mass is 10.3. The number of amides is 1. The van der Waals surface area contributed by atoms with Crippen molar-refractivity contribution in [3.63, 3.8) is 0 Å². The van der Waals surface area contributed by atoms with Gasteiger partial charge in [0.05, 0.1) is 33.0 Å². The van der Waals surface area contributed by atoms with Gasteiger partial charge in [0, 0.05) is 0 Å². The summed E-state index contributed by atoms with van der Waals surface area (Å²) in [6, 6.07) is 9.08. The molecule has 0 aromatic heterocycles. The van der Waals surface area contributed by atoms with Crippen LogP contribution in [0.3, 0.4) is 0 Å². The van der Waals surface area contributed by atoms with Crippen LogP contribution < -0.4 is 10.6 Å². The van der Waals surface area contributed by atoms with Crippen LogP contribution in [0, 0.1) is 5.82 Å². The van der Waals surface area contributed by atoms with Crippen molar-refractivity contribution in [3.8, 4) is 0 Å². The molecule has 0 unspecified atom stereocenters. The van der Waals surface area contributed by atoms with Gasteiger partial charge in [0.25, 0.3) is 0 Å². The van der Waals surface area contributed by atoms with Crippen molar-refractivity contribution in [3.05, 3.63) is 57.3 Å². The van der Waals surface area contributed by atoms with Gasteiger partial charge in [-0.25, -0.2) is 4.39 Å². The Hall–Kier alpha value is -1.49. The number of hydrogen-bond acceptors (Lipinski definition) is 2. The zero-order valence-electron chi connectivity index (χ0n) is 10.6. The van der Waals surface area contributed by atoms with E-state index >= 15 is 0 Å². The molecule has 2 aromatic carbocycles. The number of hydrogen-bond donors (Lipinski definition) is 2. The van der Waals surface area contributed by atoms with E-state index in [-0.39, 0.29) is 22.5 Å². The van der Waals surface area contributed by atoms with Crippen molar-refractivity contribution in [1.29, 1.82) is 0 Å². The van der Waals surface area contributed by atoms with Gasteiger partial charge in [-0.05, 0) is 24.3 Å². The van der Waals surface area contributed by atoms with E-state index in [1.54, 1.807) is 24.3 Å². The molecule has 0 heterocycles. The molecule has 2 N–H and O–H groups in total. The minimum atomic E-state index is -0.545. The van der Waals surface area contributed by atoms with Crippen LogP contribution in [0.1, 0.15) is 0 Å². The van der Waals surface area contributed by atoms with Gasteiger partial charge >= 0.3 is 0 Å². The summed E-state index contributed by atoms with van der Waals surface area (Å²) in [6.45, 7) is -0.0870. The topological polar surface area (TPSA) is 41.1 Å². The second kappa shape index (κ2) is 6.98. The molecule has 0 radical (unpaired) electrons. The van der Waals surface area contributed by atoms with E-state index in [0.29, 0.717) is 16.4 Å². The zero-order valence-corrected chi connectivity index (χ0v) is 12.9. The molecule has 7 heteroatoms. The Bertz CT molecular complexity index is 656. The fraction of sp³-hybridized carbons (Fsp3) is 0.0714. The predicted molar refractivity (Wildman–Crippen MR) is 85.0 cm³/mol. The molecule has 0 aliphatic carbocycles. The molecule has 0 fully saturated rings. The molecule has 0 bridgehead atoms. The van der Waals surface area contributed by atoms with Gasteiger partial charge < -0.3 is 10.6 Å². The average Bonchev–Trinajstić information content (AvgIpc) is 2.40. The number of anilines is 2. The minimum absolute atomic E-state index is 0.0870. The first-order valence-corrected chi connectivity index (χ1v) is 7.03. The third kappa shape index (κ3) is 4.24. The van der Waals surface area contributed by atoms with Crippen LogP contribution in [0.2, 0.25) is 15.1 Å². The number of carbonyl (C=O) groups excluding carboxylic acids is 1. The van der Waals surface area contributed by atoms with Crippen molar-refractivity contribution in [2.24, 2.45) is 0 Å². The van der Waals surface area contributed by atoms with Crippen LogP contribution in [0.5, 0.6) is 0 Å². The first-order chi connectivity index (χ1) is 9.97. The van der Waals surface area contributed by atoms with E-state index in [4.69, 9.17) is 34.8 Å². The van der Waals surface area contributed by atoms with E-state index in [9.17, 15) is 9.18 Å². The normalized spacial score (nSPS) is 10.3. The van der Waals surface area contributed by atoms with Crippen molar-refractivity contribution in [2.45, 2.75) is 0 Å². The lowest BCUT2D eigenvalue weighted by Crippen LogP contribution is -2.22. The molecule has 2 rings (SSSR count). The SMILES string of the molecule is O=C(CNc1c(Cl)cc(F)cc1Cl)Nc1ccccc1Cl. The monoisotopic (exact) mass is 346 g/mol. The minimum Gasteiger partial charge on any atom is -0.374 e. The number of carbonyl (C=O) groups is 1. The Morgan fingerprint density at radius 3 is 2.29 bits per heavy atom. The van der Waals surface area contributed by atoms with Gasteiger partial charge in [0.2, 0.25) is 5.91 Å². The van der Waals surface area contributed by atoms with E-state index in [2.05, 4.69) is 10.6 Å². The second-order valence-electron chi connectivity index (χ2n) is 4.13. The number of rotatable bonds is 4. The largest absolute Gasteiger partial charge is 0.374 e. The lowest BCUT2D eigenvalue weighted by molar-refractivity contribution is -0.114. The standard InChI is InChI=1S/C14H10Cl3FN2O/c15-9-3-1-2-4-12(9)20-13(21)7-19-14-10(16)5-8(18)6-11(14)17/h1-6,19H,7H2,(H,20,21).